The van der Waals surface area contributed by atoms with Crippen LogP contribution in [0.2, 0.25) is 0 Å². The van der Waals surface area contributed by atoms with E-state index in [1.165, 1.54) is 6.07 Å². The number of urea groups is 1. The van der Waals surface area contributed by atoms with Crippen LogP contribution in [0.1, 0.15) is 43.7 Å². The van der Waals surface area contributed by atoms with Gasteiger partial charge in [-0.2, -0.15) is 13.2 Å². The summed E-state index contributed by atoms with van der Waals surface area (Å²) in [4.78, 5) is 11.5. The molecule has 1 aromatic rings. The number of carbonyl (C=O) groups excluding carboxylic acids is 1. The van der Waals surface area contributed by atoms with Crippen LogP contribution in [0.3, 0.4) is 0 Å². The first-order chi connectivity index (χ1) is 9.93. The summed E-state index contributed by atoms with van der Waals surface area (Å²) in [6.45, 7) is 2.76. The number of halogens is 3. The standard InChI is InChI=1S/C15H21F3N2O/c1-2-3-4-5-9-19-14(21)20-11-12-7-6-8-13(10-12)15(16,17)18/h6-8,10H,2-5,9,11H2,1H3,(H2,19,20,21). The van der Waals surface area contributed by atoms with Crippen LogP contribution in [-0.4, -0.2) is 12.6 Å². The summed E-state index contributed by atoms with van der Waals surface area (Å²) in [5.74, 6) is 0. The molecule has 1 rings (SSSR count). The molecule has 0 atom stereocenters. The maximum Gasteiger partial charge on any atom is 0.416 e. The molecule has 0 bridgehead atoms. The van der Waals surface area contributed by atoms with Crippen LogP contribution >= 0.6 is 0 Å². The number of rotatable bonds is 7. The Hall–Kier alpha value is -1.72. The van der Waals surface area contributed by atoms with Crippen molar-refractivity contribution in [2.75, 3.05) is 6.54 Å². The molecule has 2 N–H and O–H groups in total. The zero-order valence-electron chi connectivity index (χ0n) is 12.1. The number of hydrogen-bond acceptors (Lipinski definition) is 1. The van der Waals surface area contributed by atoms with Crippen LogP contribution < -0.4 is 10.6 Å². The fraction of sp³-hybridized carbons (Fsp3) is 0.533. The van der Waals surface area contributed by atoms with Crippen LogP contribution in [0, 0.1) is 0 Å². The van der Waals surface area contributed by atoms with Gasteiger partial charge in [0.2, 0.25) is 0 Å². The molecule has 3 nitrogen and oxygen atoms in total. The van der Waals surface area contributed by atoms with Crippen molar-refractivity contribution in [2.45, 2.75) is 45.3 Å². The minimum absolute atomic E-state index is 0.0741. The Morgan fingerprint density at radius 2 is 1.90 bits per heavy atom. The Kier molecular flexibility index (Phi) is 7.05. The lowest BCUT2D eigenvalue weighted by atomic mass is 10.1. The Balaban J connectivity index is 2.33. The van der Waals surface area contributed by atoms with Gasteiger partial charge in [-0.1, -0.05) is 38.3 Å². The highest BCUT2D eigenvalue weighted by Gasteiger charge is 2.30. The van der Waals surface area contributed by atoms with E-state index >= 15 is 0 Å². The Labute approximate surface area is 122 Å². The van der Waals surface area contributed by atoms with E-state index in [0.29, 0.717) is 12.1 Å². The Morgan fingerprint density at radius 3 is 2.57 bits per heavy atom. The highest BCUT2D eigenvalue weighted by molar-refractivity contribution is 5.73. The maximum atomic E-state index is 12.5. The van der Waals surface area contributed by atoms with E-state index in [1.54, 1.807) is 6.07 Å². The summed E-state index contributed by atoms with van der Waals surface area (Å²) in [5, 5.41) is 5.24. The fourth-order valence-electron chi connectivity index (χ4n) is 1.86. The molecule has 0 radical (unpaired) electrons. The van der Waals surface area contributed by atoms with Crippen LogP contribution in [0.25, 0.3) is 0 Å². The number of amides is 2. The lowest BCUT2D eigenvalue weighted by Gasteiger charge is -2.10. The summed E-state index contributed by atoms with van der Waals surface area (Å²) in [6, 6.07) is 4.59. The quantitative estimate of drug-likeness (QED) is 0.732. The first-order valence-corrected chi connectivity index (χ1v) is 7.11. The third-order valence-electron chi connectivity index (χ3n) is 3.02. The highest BCUT2D eigenvalue weighted by atomic mass is 19.4. The molecule has 0 aliphatic rings. The van der Waals surface area contributed by atoms with Crippen molar-refractivity contribution in [3.63, 3.8) is 0 Å². The molecule has 0 unspecified atom stereocenters. The van der Waals surface area contributed by atoms with Gasteiger partial charge in [0.15, 0.2) is 0 Å². The largest absolute Gasteiger partial charge is 0.416 e. The van der Waals surface area contributed by atoms with Crippen molar-refractivity contribution < 1.29 is 18.0 Å². The van der Waals surface area contributed by atoms with Gasteiger partial charge in [-0.05, 0) is 24.1 Å². The predicted octanol–water partition coefficient (Wildman–Crippen LogP) is 4.08. The number of hydrogen-bond donors (Lipinski definition) is 2. The Bertz CT molecular complexity index is 447. The molecule has 0 saturated carbocycles. The van der Waals surface area contributed by atoms with Crippen molar-refractivity contribution in [3.8, 4) is 0 Å². The maximum absolute atomic E-state index is 12.5. The molecule has 2 amide bonds. The summed E-state index contributed by atoms with van der Waals surface area (Å²) in [6.07, 6.45) is -0.137. The molecule has 0 saturated heterocycles. The van der Waals surface area contributed by atoms with Gasteiger partial charge in [-0.15, -0.1) is 0 Å². The summed E-state index contributed by atoms with van der Waals surface area (Å²) >= 11 is 0. The van der Waals surface area contributed by atoms with E-state index in [1.807, 2.05) is 0 Å². The van der Waals surface area contributed by atoms with Gasteiger partial charge in [0, 0.05) is 13.1 Å². The van der Waals surface area contributed by atoms with Gasteiger partial charge < -0.3 is 10.6 Å². The molecular weight excluding hydrogens is 281 g/mol. The fourth-order valence-corrected chi connectivity index (χ4v) is 1.86. The molecule has 0 heterocycles. The molecule has 1 aromatic carbocycles. The van der Waals surface area contributed by atoms with Gasteiger partial charge in [0.25, 0.3) is 0 Å². The van der Waals surface area contributed by atoms with E-state index in [0.717, 1.165) is 37.8 Å². The molecule has 0 aromatic heterocycles. The van der Waals surface area contributed by atoms with Gasteiger partial charge in [-0.3, -0.25) is 0 Å². The van der Waals surface area contributed by atoms with Gasteiger partial charge in [0.1, 0.15) is 0 Å². The minimum Gasteiger partial charge on any atom is -0.338 e. The number of unbranched alkanes of at least 4 members (excludes halogenated alkanes) is 3. The second kappa shape index (κ2) is 8.54. The molecule has 0 aliphatic carbocycles. The lowest BCUT2D eigenvalue weighted by Crippen LogP contribution is -2.35. The van der Waals surface area contributed by atoms with E-state index < -0.39 is 11.7 Å². The third-order valence-corrected chi connectivity index (χ3v) is 3.02. The smallest absolute Gasteiger partial charge is 0.338 e. The first kappa shape index (κ1) is 17.3. The van der Waals surface area contributed by atoms with Gasteiger partial charge in [0.05, 0.1) is 5.56 Å². The highest BCUT2D eigenvalue weighted by Crippen LogP contribution is 2.29. The first-order valence-electron chi connectivity index (χ1n) is 7.11. The summed E-state index contributed by atoms with van der Waals surface area (Å²) in [7, 11) is 0. The van der Waals surface area contributed by atoms with Crippen molar-refractivity contribution in [3.05, 3.63) is 35.4 Å². The van der Waals surface area contributed by atoms with E-state index in [9.17, 15) is 18.0 Å². The normalized spacial score (nSPS) is 11.2. The van der Waals surface area contributed by atoms with Gasteiger partial charge in [-0.25, -0.2) is 4.79 Å². The number of benzene rings is 1. The summed E-state index contributed by atoms with van der Waals surface area (Å²) in [5.41, 5.74) is -0.285. The zero-order valence-corrected chi connectivity index (χ0v) is 12.1. The topological polar surface area (TPSA) is 41.1 Å². The van der Waals surface area contributed by atoms with Crippen molar-refractivity contribution in [1.82, 2.24) is 10.6 Å². The van der Waals surface area contributed by atoms with Crippen molar-refractivity contribution in [2.24, 2.45) is 0 Å². The molecule has 0 fully saturated rings. The van der Waals surface area contributed by atoms with Crippen LogP contribution in [0.4, 0.5) is 18.0 Å². The number of carbonyl (C=O) groups is 1. The predicted molar refractivity (Wildman–Crippen MR) is 75.8 cm³/mol. The SMILES string of the molecule is CCCCCCNC(=O)NCc1cccc(C(F)(F)F)c1. The van der Waals surface area contributed by atoms with Gasteiger partial charge >= 0.3 is 12.2 Å². The monoisotopic (exact) mass is 302 g/mol. The number of alkyl halides is 3. The molecular formula is C15H21F3N2O. The zero-order chi connectivity index (χ0) is 15.7. The van der Waals surface area contributed by atoms with Crippen LogP contribution in [-0.2, 0) is 12.7 Å². The van der Waals surface area contributed by atoms with E-state index in [2.05, 4.69) is 17.6 Å². The molecule has 6 heteroatoms. The second-order valence-electron chi connectivity index (χ2n) is 4.87. The Morgan fingerprint density at radius 1 is 1.14 bits per heavy atom. The molecule has 21 heavy (non-hydrogen) atoms. The molecule has 0 spiro atoms. The van der Waals surface area contributed by atoms with Crippen molar-refractivity contribution in [1.29, 1.82) is 0 Å². The van der Waals surface area contributed by atoms with Crippen LogP contribution in [0.15, 0.2) is 24.3 Å². The summed E-state index contributed by atoms with van der Waals surface area (Å²) < 4.78 is 37.6. The average molecular weight is 302 g/mol. The average Bonchev–Trinajstić information content (AvgIpc) is 2.44. The second-order valence-corrected chi connectivity index (χ2v) is 4.87. The number of nitrogens with one attached hydrogen (secondary N) is 2. The minimum atomic E-state index is -4.36. The third kappa shape index (κ3) is 7.02. The lowest BCUT2D eigenvalue weighted by molar-refractivity contribution is -0.137. The molecule has 118 valence electrons. The van der Waals surface area contributed by atoms with Crippen LogP contribution in [0.5, 0.6) is 0 Å². The van der Waals surface area contributed by atoms with E-state index in [-0.39, 0.29) is 12.6 Å². The van der Waals surface area contributed by atoms with Crippen molar-refractivity contribution >= 4 is 6.03 Å². The van der Waals surface area contributed by atoms with E-state index in [4.69, 9.17) is 0 Å². The molecule has 0 aliphatic heterocycles.